The summed E-state index contributed by atoms with van der Waals surface area (Å²) < 4.78 is 5.32. The van der Waals surface area contributed by atoms with Crippen LogP contribution in [-0.4, -0.2) is 69.6 Å². The van der Waals surface area contributed by atoms with Gasteiger partial charge in [-0.05, 0) is 89.4 Å². The van der Waals surface area contributed by atoms with E-state index < -0.39 is 11.7 Å². The Morgan fingerprint density at radius 1 is 0.929 bits per heavy atom. The molecule has 0 radical (unpaired) electrons. The summed E-state index contributed by atoms with van der Waals surface area (Å²) in [4.78, 5) is 38.6. The molecule has 4 heterocycles. The molecule has 9 heteroatoms. The molecule has 0 spiro atoms. The summed E-state index contributed by atoms with van der Waals surface area (Å²) >= 11 is 0. The molecule has 2 N–H and O–H groups in total. The summed E-state index contributed by atoms with van der Waals surface area (Å²) in [7, 11) is 0. The van der Waals surface area contributed by atoms with Gasteiger partial charge in [-0.3, -0.25) is 20.0 Å². The fourth-order valence-electron chi connectivity index (χ4n) is 5.59. The second kappa shape index (κ2) is 14.4. The van der Waals surface area contributed by atoms with Crippen molar-refractivity contribution in [2.24, 2.45) is 5.92 Å². The number of aromatic nitrogens is 2. The zero-order valence-electron chi connectivity index (χ0n) is 25.7. The maximum absolute atomic E-state index is 13.3. The van der Waals surface area contributed by atoms with Crippen molar-refractivity contribution in [1.82, 2.24) is 19.8 Å². The van der Waals surface area contributed by atoms with Crippen LogP contribution in [-0.2, 0) is 16.1 Å². The van der Waals surface area contributed by atoms with Gasteiger partial charge >= 0.3 is 6.09 Å². The van der Waals surface area contributed by atoms with Crippen LogP contribution in [0, 0.1) is 5.92 Å². The second-order valence-corrected chi connectivity index (χ2v) is 11.9. The molecular weight excluding hydrogens is 528 g/mol. The molecule has 42 heavy (non-hydrogen) atoms. The van der Waals surface area contributed by atoms with Crippen LogP contribution < -0.4 is 10.6 Å². The van der Waals surface area contributed by atoms with Gasteiger partial charge in [0.1, 0.15) is 11.4 Å². The molecule has 2 aliphatic rings. The minimum absolute atomic E-state index is 0.0878. The average Bonchev–Trinajstić information content (AvgIpc) is 2.98. The van der Waals surface area contributed by atoms with Crippen molar-refractivity contribution < 1.29 is 14.3 Å². The minimum atomic E-state index is -0.564. The van der Waals surface area contributed by atoms with E-state index in [-0.39, 0.29) is 5.92 Å². The Balaban J connectivity index is 0.00000198. The van der Waals surface area contributed by atoms with Gasteiger partial charge in [0.05, 0.1) is 11.2 Å². The van der Waals surface area contributed by atoms with E-state index in [0.29, 0.717) is 17.8 Å². The van der Waals surface area contributed by atoms with Gasteiger partial charge in [0.25, 0.3) is 0 Å². The van der Waals surface area contributed by atoms with E-state index in [1.165, 1.54) is 0 Å². The highest BCUT2D eigenvalue weighted by atomic mass is 16.6. The molecule has 0 atom stereocenters. The number of piperidine rings is 2. The quantitative estimate of drug-likeness (QED) is 0.355. The highest BCUT2D eigenvalue weighted by Gasteiger charge is 2.31. The average molecular weight is 575 g/mol. The summed E-state index contributed by atoms with van der Waals surface area (Å²) in [6.07, 6.45) is 6.64. The van der Waals surface area contributed by atoms with Crippen molar-refractivity contribution in [3.63, 3.8) is 0 Å². The number of rotatable bonds is 6. The Morgan fingerprint density at radius 2 is 1.64 bits per heavy atom. The normalized spacial score (nSPS) is 16.8. The number of nitrogens with one attached hydrogen (secondary N) is 2. The van der Waals surface area contributed by atoms with Crippen molar-refractivity contribution in [2.45, 2.75) is 78.5 Å². The number of hydrogen-bond acceptors (Lipinski definition) is 7. The van der Waals surface area contributed by atoms with Crippen LogP contribution in [0.2, 0.25) is 0 Å². The lowest BCUT2D eigenvalue weighted by Gasteiger charge is -2.37. The number of para-hydroxylation sites is 1. The highest BCUT2D eigenvalue weighted by Crippen LogP contribution is 2.26. The number of carbonyl (C=O) groups excluding carboxylic acids is 2. The lowest BCUT2D eigenvalue weighted by atomic mass is 9.93. The number of benzene rings is 1. The molecule has 3 aromatic rings. The summed E-state index contributed by atoms with van der Waals surface area (Å²) in [5, 5.41) is 7.52. The SMILES string of the molecule is CC.CC(C)(C)OC(=O)Nc1cc(CN2CCC(C(=O)N3CCC(Nc4cccc5cccnc45)CC3)CC2)ccn1. The molecule has 0 bridgehead atoms. The van der Waals surface area contributed by atoms with E-state index in [9.17, 15) is 9.59 Å². The number of fused-ring (bicyclic) bond motifs is 1. The van der Waals surface area contributed by atoms with Crippen molar-refractivity contribution in [3.05, 3.63) is 60.4 Å². The number of amides is 2. The molecule has 2 fully saturated rings. The lowest BCUT2D eigenvalue weighted by molar-refractivity contribution is -0.138. The van der Waals surface area contributed by atoms with Gasteiger partial charge in [-0.2, -0.15) is 0 Å². The zero-order chi connectivity index (χ0) is 30.1. The number of anilines is 2. The molecule has 2 aliphatic heterocycles. The number of hydrogen-bond donors (Lipinski definition) is 2. The molecular formula is C33H46N6O3. The summed E-state index contributed by atoms with van der Waals surface area (Å²) in [6.45, 7) is 13.6. The van der Waals surface area contributed by atoms with Crippen LogP contribution in [0.1, 0.15) is 65.9 Å². The summed E-state index contributed by atoms with van der Waals surface area (Å²) in [5.74, 6) is 0.869. The van der Waals surface area contributed by atoms with Crippen LogP contribution in [0.3, 0.4) is 0 Å². The Bertz CT molecular complexity index is 1320. The molecule has 9 nitrogen and oxygen atoms in total. The molecule has 5 rings (SSSR count). The third-order valence-electron chi connectivity index (χ3n) is 7.60. The summed E-state index contributed by atoms with van der Waals surface area (Å²) in [5.41, 5.74) is 2.57. The third-order valence-corrected chi connectivity index (χ3v) is 7.60. The molecule has 2 aromatic heterocycles. The fraction of sp³-hybridized carbons (Fsp3) is 0.515. The van der Waals surface area contributed by atoms with Crippen molar-refractivity contribution in [2.75, 3.05) is 36.8 Å². The van der Waals surface area contributed by atoms with Crippen LogP contribution >= 0.6 is 0 Å². The topological polar surface area (TPSA) is 99.7 Å². The van der Waals surface area contributed by atoms with Crippen molar-refractivity contribution >= 4 is 34.4 Å². The molecule has 1 aromatic carbocycles. The molecule has 0 aliphatic carbocycles. The fourth-order valence-corrected chi connectivity index (χ4v) is 5.59. The summed E-state index contributed by atoms with van der Waals surface area (Å²) in [6, 6.07) is 14.5. The molecule has 2 saturated heterocycles. The molecule has 226 valence electrons. The van der Waals surface area contributed by atoms with Crippen molar-refractivity contribution in [1.29, 1.82) is 0 Å². The maximum Gasteiger partial charge on any atom is 0.413 e. The number of nitrogens with zero attached hydrogens (tertiary/aromatic N) is 4. The van der Waals surface area contributed by atoms with E-state index in [2.05, 4.69) is 54.7 Å². The van der Waals surface area contributed by atoms with Gasteiger partial charge in [-0.1, -0.05) is 32.0 Å². The molecule has 0 unspecified atom stereocenters. The first-order valence-corrected chi connectivity index (χ1v) is 15.3. The zero-order valence-corrected chi connectivity index (χ0v) is 25.7. The van der Waals surface area contributed by atoms with Gasteiger partial charge < -0.3 is 15.0 Å². The van der Waals surface area contributed by atoms with E-state index in [1.54, 1.807) is 6.20 Å². The van der Waals surface area contributed by atoms with Gasteiger partial charge in [0, 0.05) is 49.4 Å². The standard InChI is InChI=1S/C31H40N6O3.C2H6/c1-31(2,3)40-30(39)35-27-20-22(9-15-32-27)21-36-16-10-24(11-17-36)29(38)37-18-12-25(13-19-37)34-26-8-4-6-23-7-5-14-33-28(23)26;1-2/h4-9,14-15,20,24-25,34H,10-13,16-19,21H2,1-3H3,(H,32,35,39);1-2H3. The first-order valence-electron chi connectivity index (χ1n) is 15.3. The highest BCUT2D eigenvalue weighted by molar-refractivity contribution is 5.90. The Morgan fingerprint density at radius 3 is 2.36 bits per heavy atom. The van der Waals surface area contributed by atoms with Gasteiger partial charge in [0.15, 0.2) is 0 Å². The predicted octanol–water partition coefficient (Wildman–Crippen LogP) is 6.32. The van der Waals surface area contributed by atoms with E-state index in [1.807, 2.05) is 59.0 Å². The number of pyridine rings is 2. The predicted molar refractivity (Wildman–Crippen MR) is 168 cm³/mol. The molecule has 0 saturated carbocycles. The van der Waals surface area contributed by atoms with Crippen LogP contribution in [0.15, 0.2) is 54.9 Å². The van der Waals surface area contributed by atoms with Gasteiger partial charge in [-0.15, -0.1) is 0 Å². The molecule has 2 amide bonds. The number of ether oxygens (including phenoxy) is 1. The second-order valence-electron chi connectivity index (χ2n) is 11.9. The minimum Gasteiger partial charge on any atom is -0.444 e. The monoisotopic (exact) mass is 574 g/mol. The van der Waals surface area contributed by atoms with Crippen LogP contribution in [0.25, 0.3) is 10.9 Å². The Labute approximate surface area is 250 Å². The van der Waals surface area contributed by atoms with Crippen LogP contribution in [0.5, 0.6) is 0 Å². The van der Waals surface area contributed by atoms with E-state index in [0.717, 1.165) is 80.6 Å². The van der Waals surface area contributed by atoms with E-state index in [4.69, 9.17) is 4.74 Å². The number of carbonyl (C=O) groups is 2. The van der Waals surface area contributed by atoms with E-state index >= 15 is 0 Å². The first-order chi connectivity index (χ1) is 20.2. The van der Waals surface area contributed by atoms with Gasteiger partial charge in [-0.25, -0.2) is 9.78 Å². The first kappa shape index (κ1) is 31.2. The Hall–Kier alpha value is -3.72. The van der Waals surface area contributed by atoms with Gasteiger partial charge in [0.2, 0.25) is 5.91 Å². The third kappa shape index (κ3) is 8.64. The van der Waals surface area contributed by atoms with Crippen molar-refractivity contribution in [3.8, 4) is 0 Å². The Kier molecular flexibility index (Phi) is 10.7. The lowest BCUT2D eigenvalue weighted by Crippen LogP contribution is -2.47. The number of likely N-dealkylation sites (tertiary alicyclic amines) is 2. The maximum atomic E-state index is 13.3. The van der Waals surface area contributed by atoms with Crippen LogP contribution in [0.4, 0.5) is 16.3 Å². The smallest absolute Gasteiger partial charge is 0.413 e. The largest absolute Gasteiger partial charge is 0.444 e.